The molecule has 2 aromatic heterocycles. The fourth-order valence-corrected chi connectivity index (χ4v) is 6.36. The Kier molecular flexibility index (Phi) is 7.49. The van der Waals surface area contributed by atoms with Gasteiger partial charge in [0.15, 0.2) is 0 Å². The van der Waals surface area contributed by atoms with Crippen LogP contribution in [0.5, 0.6) is 0 Å². The molecular weight excluding hydrogens is 488 g/mol. The van der Waals surface area contributed by atoms with E-state index in [0.29, 0.717) is 42.6 Å². The van der Waals surface area contributed by atoms with Crippen LogP contribution in [0.3, 0.4) is 0 Å². The van der Waals surface area contributed by atoms with Crippen molar-refractivity contribution >= 4 is 28.6 Å². The molecule has 198 valence electrons. The molecule has 1 saturated heterocycles. The second-order valence-electron chi connectivity index (χ2n) is 10.5. The third-order valence-electron chi connectivity index (χ3n) is 7.81. The first kappa shape index (κ1) is 26.0. The van der Waals surface area contributed by atoms with Gasteiger partial charge in [0, 0.05) is 45.3 Å². The predicted octanol–water partition coefficient (Wildman–Crippen LogP) is 3.26. The van der Waals surface area contributed by atoms with Crippen molar-refractivity contribution in [2.45, 2.75) is 75.2 Å². The van der Waals surface area contributed by atoms with Gasteiger partial charge in [0.05, 0.1) is 37.0 Å². The van der Waals surface area contributed by atoms with E-state index in [4.69, 9.17) is 4.74 Å². The maximum absolute atomic E-state index is 13.5. The molecule has 2 fully saturated rings. The van der Waals surface area contributed by atoms with Crippen LogP contribution in [0.2, 0.25) is 0 Å². The number of ether oxygens (including phenoxy) is 1. The number of aromatic amines is 1. The fraction of sp³-hybridized carbons (Fsp3) is 0.500. The topological polar surface area (TPSA) is 108 Å². The second-order valence-corrected chi connectivity index (χ2v) is 11.3. The van der Waals surface area contributed by atoms with Gasteiger partial charge in [0.2, 0.25) is 0 Å². The van der Waals surface area contributed by atoms with Crippen LogP contribution in [0.15, 0.2) is 40.0 Å². The number of para-hydroxylation sites is 1. The van der Waals surface area contributed by atoms with Gasteiger partial charge in [-0.2, -0.15) is 0 Å². The quantitative estimate of drug-likeness (QED) is 0.337. The van der Waals surface area contributed by atoms with Gasteiger partial charge >= 0.3 is 0 Å². The highest BCUT2D eigenvalue weighted by molar-refractivity contribution is 7.98. The zero-order valence-corrected chi connectivity index (χ0v) is 22.5. The molecule has 9 heteroatoms. The molecule has 3 heterocycles. The lowest BCUT2D eigenvalue weighted by atomic mass is 9.81. The molecule has 1 aliphatic heterocycles. The number of hydrogen-bond donors (Lipinski definition) is 4. The highest BCUT2D eigenvalue weighted by Crippen LogP contribution is 2.34. The van der Waals surface area contributed by atoms with Gasteiger partial charge in [0.1, 0.15) is 0 Å². The van der Waals surface area contributed by atoms with Crippen molar-refractivity contribution in [3.63, 3.8) is 0 Å². The summed E-state index contributed by atoms with van der Waals surface area (Å²) >= 11 is 1.49. The SMILES string of the molecule is CSc1cc(C)[nH]c(=O)c1CNC(=O)c1c(C)n(CC2(O)CCC(NC3COC3)CC2)c2ccccc12. The van der Waals surface area contributed by atoms with E-state index in [2.05, 4.69) is 20.2 Å². The number of aliphatic hydroxyl groups is 1. The molecule has 0 atom stereocenters. The maximum atomic E-state index is 13.5. The number of H-pyrrole nitrogens is 1. The summed E-state index contributed by atoms with van der Waals surface area (Å²) in [4.78, 5) is 29.7. The lowest BCUT2D eigenvalue weighted by molar-refractivity contribution is -0.0366. The van der Waals surface area contributed by atoms with Crippen LogP contribution < -0.4 is 16.2 Å². The van der Waals surface area contributed by atoms with Crippen LogP contribution in [-0.4, -0.2) is 57.7 Å². The summed E-state index contributed by atoms with van der Waals surface area (Å²) < 4.78 is 7.36. The van der Waals surface area contributed by atoms with E-state index in [-0.39, 0.29) is 18.0 Å². The zero-order valence-electron chi connectivity index (χ0n) is 21.7. The Hall–Kier alpha value is -2.59. The minimum atomic E-state index is -0.822. The molecule has 4 N–H and O–H groups in total. The van der Waals surface area contributed by atoms with E-state index < -0.39 is 5.60 Å². The molecule has 1 aromatic carbocycles. The summed E-state index contributed by atoms with van der Waals surface area (Å²) in [6.45, 7) is 5.93. The Labute approximate surface area is 221 Å². The minimum absolute atomic E-state index is 0.147. The van der Waals surface area contributed by atoms with Gasteiger partial charge < -0.3 is 30.0 Å². The highest BCUT2D eigenvalue weighted by Gasteiger charge is 2.36. The van der Waals surface area contributed by atoms with Crippen molar-refractivity contribution in [1.82, 2.24) is 20.2 Å². The first-order valence-electron chi connectivity index (χ1n) is 13.0. The van der Waals surface area contributed by atoms with E-state index in [1.807, 2.05) is 50.4 Å². The summed E-state index contributed by atoms with van der Waals surface area (Å²) in [5, 5.41) is 19.0. The molecule has 3 aromatic rings. The van der Waals surface area contributed by atoms with Crippen molar-refractivity contribution in [3.05, 3.63) is 63.2 Å². The molecule has 0 unspecified atom stereocenters. The van der Waals surface area contributed by atoms with Gasteiger partial charge in [-0.25, -0.2) is 0 Å². The summed E-state index contributed by atoms with van der Waals surface area (Å²) in [5.74, 6) is -0.220. The number of carbonyl (C=O) groups is 1. The Morgan fingerprint density at radius 1 is 1.22 bits per heavy atom. The molecule has 1 aliphatic carbocycles. The number of nitrogens with one attached hydrogen (secondary N) is 3. The lowest BCUT2D eigenvalue weighted by Crippen LogP contribution is -2.53. The standard InChI is InChI=1S/C28H36N4O4S/c1-17-12-24(37-3)22(26(33)30-17)13-29-27(34)25-18(2)32(23-7-5-4-6-21(23)25)16-28(35)10-8-19(9-11-28)31-20-14-36-15-20/h4-7,12,19-20,31,35H,8-11,13-16H2,1-3H3,(H,29,34)(H,30,33). The third kappa shape index (κ3) is 5.36. The molecule has 0 radical (unpaired) electrons. The van der Waals surface area contributed by atoms with Crippen LogP contribution in [0, 0.1) is 13.8 Å². The van der Waals surface area contributed by atoms with Gasteiger partial charge in [-0.05, 0) is 57.9 Å². The Balaban J connectivity index is 1.35. The Morgan fingerprint density at radius 3 is 2.62 bits per heavy atom. The van der Waals surface area contributed by atoms with Crippen molar-refractivity contribution in [2.75, 3.05) is 19.5 Å². The molecular formula is C28H36N4O4S. The Morgan fingerprint density at radius 2 is 1.95 bits per heavy atom. The number of benzene rings is 1. The monoisotopic (exact) mass is 524 g/mol. The van der Waals surface area contributed by atoms with Crippen molar-refractivity contribution in [1.29, 1.82) is 0 Å². The molecule has 5 rings (SSSR count). The number of carbonyl (C=O) groups excluding carboxylic acids is 1. The third-order valence-corrected chi connectivity index (χ3v) is 8.62. The fourth-order valence-electron chi connectivity index (χ4n) is 5.65. The summed E-state index contributed by atoms with van der Waals surface area (Å²) in [7, 11) is 0. The molecule has 0 bridgehead atoms. The van der Waals surface area contributed by atoms with Gasteiger partial charge in [-0.15, -0.1) is 11.8 Å². The number of hydrogen-bond acceptors (Lipinski definition) is 6. The molecule has 0 spiro atoms. The molecule has 8 nitrogen and oxygen atoms in total. The molecule has 2 aliphatic rings. The van der Waals surface area contributed by atoms with Gasteiger partial charge in [0.25, 0.3) is 11.5 Å². The highest BCUT2D eigenvalue weighted by atomic mass is 32.2. The molecule has 1 amide bonds. The number of pyridine rings is 1. The van der Waals surface area contributed by atoms with E-state index in [9.17, 15) is 14.7 Å². The van der Waals surface area contributed by atoms with Crippen LogP contribution in [-0.2, 0) is 17.8 Å². The molecule has 1 saturated carbocycles. The number of fused-ring (bicyclic) bond motifs is 1. The normalized spacial score (nSPS) is 22.2. The first-order chi connectivity index (χ1) is 17.8. The zero-order chi connectivity index (χ0) is 26.2. The summed E-state index contributed by atoms with van der Waals surface area (Å²) in [6.07, 6.45) is 5.18. The van der Waals surface area contributed by atoms with Crippen LogP contribution >= 0.6 is 11.8 Å². The van der Waals surface area contributed by atoms with Gasteiger partial charge in [-0.3, -0.25) is 9.59 Å². The van der Waals surface area contributed by atoms with E-state index in [1.54, 1.807) is 0 Å². The van der Waals surface area contributed by atoms with E-state index in [0.717, 1.165) is 53.2 Å². The van der Waals surface area contributed by atoms with Crippen LogP contribution in [0.4, 0.5) is 0 Å². The summed E-state index contributed by atoms with van der Waals surface area (Å²) in [5.41, 5.74) is 2.70. The minimum Gasteiger partial charge on any atom is -0.388 e. The number of nitrogens with zero attached hydrogens (tertiary/aromatic N) is 1. The van der Waals surface area contributed by atoms with Crippen molar-refractivity contribution in [3.8, 4) is 0 Å². The average molecular weight is 525 g/mol. The lowest BCUT2D eigenvalue weighted by Gasteiger charge is -2.39. The van der Waals surface area contributed by atoms with Crippen LogP contribution in [0.25, 0.3) is 10.9 Å². The van der Waals surface area contributed by atoms with Crippen LogP contribution in [0.1, 0.15) is 53.0 Å². The number of aromatic nitrogens is 2. The Bertz CT molecular complexity index is 1350. The number of amides is 1. The average Bonchev–Trinajstić information content (AvgIpc) is 3.12. The number of thioether (sulfide) groups is 1. The van der Waals surface area contributed by atoms with Crippen molar-refractivity contribution in [2.24, 2.45) is 0 Å². The maximum Gasteiger partial charge on any atom is 0.254 e. The molecule has 37 heavy (non-hydrogen) atoms. The van der Waals surface area contributed by atoms with Crippen molar-refractivity contribution < 1.29 is 14.6 Å². The smallest absolute Gasteiger partial charge is 0.254 e. The number of rotatable bonds is 8. The van der Waals surface area contributed by atoms with E-state index in [1.165, 1.54) is 11.8 Å². The largest absolute Gasteiger partial charge is 0.388 e. The predicted molar refractivity (Wildman–Crippen MR) is 146 cm³/mol. The second kappa shape index (κ2) is 10.6. The first-order valence-corrected chi connectivity index (χ1v) is 14.2. The summed E-state index contributed by atoms with van der Waals surface area (Å²) in [6, 6.07) is 10.6. The van der Waals surface area contributed by atoms with E-state index >= 15 is 0 Å². The van der Waals surface area contributed by atoms with Gasteiger partial charge in [-0.1, -0.05) is 18.2 Å². The number of aryl methyl sites for hydroxylation is 1.